The van der Waals surface area contributed by atoms with Crippen LogP contribution in [0.1, 0.15) is 47.5 Å². The summed E-state index contributed by atoms with van der Waals surface area (Å²) in [6, 6.07) is 2.36. The van der Waals surface area contributed by atoms with Crippen molar-refractivity contribution in [1.29, 1.82) is 10.7 Å². The molecule has 21 heavy (non-hydrogen) atoms. The largest absolute Gasteiger partial charge is 0.498 e. The molecule has 2 aliphatic rings. The van der Waals surface area contributed by atoms with E-state index < -0.39 is 18.3 Å². The molecule has 0 aromatic rings. The molecule has 0 bridgehead atoms. The molecule has 5 nitrogen and oxygen atoms in total. The summed E-state index contributed by atoms with van der Waals surface area (Å²) in [4.78, 5) is 0. The fraction of sp³-hybridized carbons (Fsp3) is 0.733. The maximum atomic E-state index is 9.11. The van der Waals surface area contributed by atoms with Gasteiger partial charge in [0, 0.05) is 23.9 Å². The second kappa shape index (κ2) is 5.15. The number of nitrogens with one attached hydrogen (secondary N) is 2. The van der Waals surface area contributed by atoms with Crippen molar-refractivity contribution in [2.24, 2.45) is 5.41 Å². The second-order valence-electron chi connectivity index (χ2n) is 7.06. The van der Waals surface area contributed by atoms with Crippen LogP contribution in [0.25, 0.3) is 0 Å². The van der Waals surface area contributed by atoms with E-state index in [0.29, 0.717) is 12.0 Å². The Labute approximate surface area is 127 Å². The van der Waals surface area contributed by atoms with Gasteiger partial charge in [-0.15, -0.1) is 0 Å². The molecule has 0 aromatic carbocycles. The maximum absolute atomic E-state index is 9.11. The minimum atomic E-state index is -0.544. The normalized spacial score (nSPS) is 25.8. The van der Waals surface area contributed by atoms with Crippen LogP contribution in [-0.2, 0) is 9.31 Å². The van der Waals surface area contributed by atoms with Gasteiger partial charge < -0.3 is 20.0 Å². The summed E-state index contributed by atoms with van der Waals surface area (Å²) < 4.78 is 12.0. The summed E-state index contributed by atoms with van der Waals surface area (Å²) >= 11 is 0. The lowest BCUT2D eigenvalue weighted by Crippen LogP contribution is -2.41. The highest BCUT2D eigenvalue weighted by atomic mass is 16.7. The van der Waals surface area contributed by atoms with Crippen LogP contribution in [0, 0.1) is 22.2 Å². The number of nitriles is 1. The fourth-order valence-electron chi connectivity index (χ4n) is 2.21. The van der Waals surface area contributed by atoms with Crippen LogP contribution in [0.5, 0.6) is 0 Å². The van der Waals surface area contributed by atoms with Gasteiger partial charge in [0.1, 0.15) is 0 Å². The first-order chi connectivity index (χ1) is 9.66. The minimum Gasteiger partial charge on any atom is -0.399 e. The van der Waals surface area contributed by atoms with Crippen molar-refractivity contribution < 1.29 is 9.31 Å². The lowest BCUT2D eigenvalue weighted by Gasteiger charge is -2.32. The molecule has 2 fully saturated rings. The lowest BCUT2D eigenvalue weighted by molar-refractivity contribution is 0.00578. The molecule has 1 saturated heterocycles. The zero-order chi connectivity index (χ0) is 15.9. The molecule has 2 N–H and O–H groups in total. The Bertz CT molecular complexity index is 500. The third-order valence-electron chi connectivity index (χ3n) is 4.88. The van der Waals surface area contributed by atoms with Crippen LogP contribution in [0.3, 0.4) is 0 Å². The summed E-state index contributed by atoms with van der Waals surface area (Å²) in [5.41, 5.74) is 0.463. The van der Waals surface area contributed by atoms with E-state index in [1.807, 2.05) is 34.6 Å². The van der Waals surface area contributed by atoms with Crippen LogP contribution in [0.4, 0.5) is 0 Å². The molecule has 1 aliphatic heterocycles. The van der Waals surface area contributed by atoms with Gasteiger partial charge in [-0.2, -0.15) is 5.26 Å². The van der Waals surface area contributed by atoms with Crippen molar-refractivity contribution in [2.75, 3.05) is 6.54 Å². The molecule has 1 saturated carbocycles. The number of allylic oxidation sites excluding steroid dienone is 2. The van der Waals surface area contributed by atoms with E-state index in [4.69, 9.17) is 20.0 Å². The molecular formula is C15H24BN3O2. The summed E-state index contributed by atoms with van der Waals surface area (Å²) in [5.74, 6) is 0. The fourth-order valence-corrected chi connectivity index (χ4v) is 2.21. The molecular weight excluding hydrogens is 265 g/mol. The number of nitrogens with zero attached hydrogens (tertiary/aromatic N) is 1. The molecule has 6 heteroatoms. The second-order valence-corrected chi connectivity index (χ2v) is 7.06. The zero-order valence-electron chi connectivity index (χ0n) is 13.5. The quantitative estimate of drug-likeness (QED) is 0.602. The van der Waals surface area contributed by atoms with Gasteiger partial charge in [0.25, 0.3) is 0 Å². The minimum absolute atomic E-state index is 0.218. The van der Waals surface area contributed by atoms with Crippen LogP contribution in [0.15, 0.2) is 11.2 Å². The SMILES string of the molecule is C/C(NCC1(C#N)CC1)=C(/C=N)B1OC(C)(C)C(C)(C)O1. The van der Waals surface area contributed by atoms with Crippen LogP contribution in [0.2, 0.25) is 0 Å². The number of hydrogen-bond acceptors (Lipinski definition) is 5. The smallest absolute Gasteiger partial charge is 0.399 e. The number of rotatable bonds is 5. The highest BCUT2D eigenvalue weighted by Crippen LogP contribution is 2.44. The Morgan fingerprint density at radius 3 is 2.19 bits per heavy atom. The first kappa shape index (κ1) is 16.1. The molecule has 114 valence electrons. The van der Waals surface area contributed by atoms with Gasteiger partial charge in [-0.1, -0.05) is 0 Å². The topological polar surface area (TPSA) is 78.1 Å². The van der Waals surface area contributed by atoms with E-state index in [-0.39, 0.29) is 5.41 Å². The van der Waals surface area contributed by atoms with Crippen molar-refractivity contribution >= 4 is 13.3 Å². The molecule has 0 unspecified atom stereocenters. The van der Waals surface area contributed by atoms with Gasteiger partial charge >= 0.3 is 7.12 Å². The third-order valence-corrected chi connectivity index (χ3v) is 4.88. The van der Waals surface area contributed by atoms with Crippen molar-refractivity contribution in [3.05, 3.63) is 11.2 Å². The Morgan fingerprint density at radius 2 is 1.81 bits per heavy atom. The predicted octanol–water partition coefficient (Wildman–Crippen LogP) is 2.43. The van der Waals surface area contributed by atoms with E-state index in [0.717, 1.165) is 18.5 Å². The van der Waals surface area contributed by atoms with Gasteiger partial charge in [-0.3, -0.25) is 0 Å². The number of hydrogen-bond donors (Lipinski definition) is 2. The Balaban J connectivity index is 2.10. The predicted molar refractivity (Wildman–Crippen MR) is 82.8 cm³/mol. The maximum Gasteiger partial charge on any atom is 0.498 e. The molecule has 0 radical (unpaired) electrons. The Kier molecular flexibility index (Phi) is 3.94. The van der Waals surface area contributed by atoms with Crippen LogP contribution >= 0.6 is 0 Å². The highest BCUT2D eigenvalue weighted by molar-refractivity contribution is 6.60. The van der Waals surface area contributed by atoms with E-state index in [9.17, 15) is 0 Å². The molecule has 1 aliphatic carbocycles. The monoisotopic (exact) mass is 289 g/mol. The summed E-state index contributed by atoms with van der Waals surface area (Å²) in [7, 11) is -0.544. The summed E-state index contributed by atoms with van der Waals surface area (Å²) in [5, 5.41) is 20.0. The average molecular weight is 289 g/mol. The molecule has 0 aromatic heterocycles. The van der Waals surface area contributed by atoms with E-state index in [2.05, 4.69) is 11.4 Å². The standard InChI is InChI=1S/C15H24BN3O2/c1-11(19-10-15(9-18)6-7-15)12(8-17)16-20-13(2,3)14(4,5)21-16/h8,17,19H,6-7,10H2,1-5H3/b12-11+,17-8?. The van der Waals surface area contributed by atoms with Gasteiger partial charge in [0.15, 0.2) is 0 Å². The zero-order valence-corrected chi connectivity index (χ0v) is 13.5. The average Bonchev–Trinajstić information content (AvgIpc) is 3.12. The first-order valence-corrected chi connectivity index (χ1v) is 7.38. The van der Waals surface area contributed by atoms with Crippen LogP contribution < -0.4 is 5.32 Å². The van der Waals surface area contributed by atoms with Gasteiger partial charge in [0.2, 0.25) is 0 Å². The summed E-state index contributed by atoms with van der Waals surface area (Å²) in [6.45, 7) is 10.5. The molecule has 0 atom stereocenters. The molecule has 0 amide bonds. The van der Waals surface area contributed by atoms with E-state index in [1.54, 1.807) is 0 Å². The molecule has 1 heterocycles. The van der Waals surface area contributed by atoms with Crippen molar-refractivity contribution in [2.45, 2.75) is 58.7 Å². The Hall–Kier alpha value is -1.32. The lowest BCUT2D eigenvalue weighted by atomic mass is 9.77. The van der Waals surface area contributed by atoms with Gasteiger partial charge in [0.05, 0.1) is 22.7 Å². The summed E-state index contributed by atoms with van der Waals surface area (Å²) in [6.07, 6.45) is 3.16. The van der Waals surface area contributed by atoms with Gasteiger partial charge in [-0.25, -0.2) is 0 Å². The van der Waals surface area contributed by atoms with Crippen molar-refractivity contribution in [1.82, 2.24) is 5.32 Å². The third kappa shape index (κ3) is 2.99. The van der Waals surface area contributed by atoms with E-state index in [1.165, 1.54) is 6.21 Å². The first-order valence-electron chi connectivity index (χ1n) is 7.38. The van der Waals surface area contributed by atoms with Crippen LogP contribution in [-0.4, -0.2) is 31.1 Å². The highest BCUT2D eigenvalue weighted by Gasteiger charge is 2.52. The van der Waals surface area contributed by atoms with Crippen molar-refractivity contribution in [3.63, 3.8) is 0 Å². The Morgan fingerprint density at radius 1 is 1.29 bits per heavy atom. The molecule has 0 spiro atoms. The van der Waals surface area contributed by atoms with Crippen molar-refractivity contribution in [3.8, 4) is 6.07 Å². The molecule has 2 rings (SSSR count). The van der Waals surface area contributed by atoms with E-state index >= 15 is 0 Å². The van der Waals surface area contributed by atoms with Gasteiger partial charge in [-0.05, 0) is 47.5 Å².